The Kier molecular flexibility index (Phi) is 4.33. The molecule has 3 heterocycles. The summed E-state index contributed by atoms with van der Waals surface area (Å²) in [6.07, 6.45) is 3.91. The second-order valence-electron chi connectivity index (χ2n) is 6.33. The molecule has 0 spiro atoms. The first-order valence-corrected chi connectivity index (χ1v) is 8.58. The Labute approximate surface area is 150 Å². The van der Waals surface area contributed by atoms with Crippen LogP contribution in [0.25, 0.3) is 22.2 Å². The third kappa shape index (κ3) is 3.03. The third-order valence-electron chi connectivity index (χ3n) is 4.56. The van der Waals surface area contributed by atoms with Crippen LogP contribution in [-0.2, 0) is 0 Å². The van der Waals surface area contributed by atoms with Crippen LogP contribution in [0.4, 0.5) is 5.82 Å². The molecule has 1 fully saturated rings. The van der Waals surface area contributed by atoms with Gasteiger partial charge in [0.05, 0.1) is 11.6 Å². The van der Waals surface area contributed by atoms with Crippen molar-refractivity contribution in [1.82, 2.24) is 20.5 Å². The van der Waals surface area contributed by atoms with E-state index in [4.69, 9.17) is 5.26 Å². The first-order chi connectivity index (χ1) is 12.8. The maximum atomic E-state index is 10.3. The monoisotopic (exact) mass is 346 g/mol. The molecule has 7 heteroatoms. The minimum Gasteiger partial charge on any atom is -0.507 e. The van der Waals surface area contributed by atoms with Crippen molar-refractivity contribution in [2.75, 3.05) is 18.4 Å². The molecule has 3 aromatic rings. The fourth-order valence-corrected chi connectivity index (χ4v) is 3.25. The lowest BCUT2D eigenvalue weighted by atomic mass is 10.0. The summed E-state index contributed by atoms with van der Waals surface area (Å²) < 4.78 is 0. The van der Waals surface area contributed by atoms with Gasteiger partial charge in [0.2, 0.25) is 0 Å². The number of hydrogen-bond donors (Lipinski definition) is 3. The summed E-state index contributed by atoms with van der Waals surface area (Å²) in [6.45, 7) is 1.92. The van der Waals surface area contributed by atoms with E-state index in [1.807, 2.05) is 18.2 Å². The van der Waals surface area contributed by atoms with Crippen molar-refractivity contribution in [2.45, 2.75) is 18.9 Å². The molecule has 2 aromatic heterocycles. The minimum absolute atomic E-state index is 0.000641. The highest BCUT2D eigenvalue weighted by atomic mass is 16.3. The van der Waals surface area contributed by atoms with Crippen molar-refractivity contribution in [3.05, 3.63) is 42.1 Å². The van der Waals surface area contributed by atoms with Crippen molar-refractivity contribution in [1.29, 1.82) is 5.26 Å². The van der Waals surface area contributed by atoms with Crippen molar-refractivity contribution in [3.8, 4) is 23.1 Å². The molecule has 0 bridgehead atoms. The molecule has 1 unspecified atom stereocenters. The topological polar surface area (TPSA) is 107 Å². The lowest BCUT2D eigenvalue weighted by Crippen LogP contribution is -2.38. The fourth-order valence-electron chi connectivity index (χ4n) is 3.25. The van der Waals surface area contributed by atoms with Gasteiger partial charge >= 0.3 is 0 Å². The number of benzene rings is 1. The summed E-state index contributed by atoms with van der Waals surface area (Å²) in [5, 5.41) is 35.6. The van der Waals surface area contributed by atoms with Gasteiger partial charge in [0.15, 0.2) is 5.82 Å². The van der Waals surface area contributed by atoms with Crippen LogP contribution in [0.2, 0.25) is 0 Å². The molecule has 1 aromatic carbocycles. The average Bonchev–Trinajstić information content (AvgIpc) is 2.69. The molecule has 0 saturated carbocycles. The number of piperidine rings is 1. The van der Waals surface area contributed by atoms with Crippen LogP contribution >= 0.6 is 0 Å². The van der Waals surface area contributed by atoms with Crippen LogP contribution < -0.4 is 10.6 Å². The number of phenolic OH excluding ortho intramolecular Hbond substituents is 1. The summed E-state index contributed by atoms with van der Waals surface area (Å²) >= 11 is 0. The van der Waals surface area contributed by atoms with E-state index >= 15 is 0 Å². The number of nitriles is 1. The van der Waals surface area contributed by atoms with Crippen molar-refractivity contribution >= 4 is 16.7 Å². The van der Waals surface area contributed by atoms with E-state index in [9.17, 15) is 5.11 Å². The van der Waals surface area contributed by atoms with Crippen molar-refractivity contribution in [3.63, 3.8) is 0 Å². The number of nitrogens with one attached hydrogen (secondary N) is 2. The molecular formula is C19H18N6O. The molecule has 1 aliphatic heterocycles. The number of rotatable bonds is 3. The van der Waals surface area contributed by atoms with Crippen LogP contribution in [0.3, 0.4) is 0 Å². The van der Waals surface area contributed by atoms with E-state index in [1.165, 1.54) is 6.07 Å². The highest BCUT2D eigenvalue weighted by molar-refractivity contribution is 5.98. The summed E-state index contributed by atoms with van der Waals surface area (Å²) in [4.78, 5) is 4.48. The Morgan fingerprint density at radius 1 is 1.27 bits per heavy atom. The van der Waals surface area contributed by atoms with Gasteiger partial charge in [-0.2, -0.15) is 5.26 Å². The van der Waals surface area contributed by atoms with Crippen LogP contribution in [-0.4, -0.2) is 39.4 Å². The van der Waals surface area contributed by atoms with Crippen LogP contribution in [0.15, 0.2) is 36.5 Å². The largest absolute Gasteiger partial charge is 0.507 e. The molecule has 1 aliphatic rings. The Hall–Kier alpha value is -3.24. The molecule has 3 N–H and O–H groups in total. The van der Waals surface area contributed by atoms with Gasteiger partial charge in [0, 0.05) is 29.7 Å². The fraction of sp³-hybridized carbons (Fsp3) is 0.263. The molecule has 130 valence electrons. The second kappa shape index (κ2) is 6.94. The number of nitrogens with zero attached hydrogens (tertiary/aromatic N) is 4. The third-order valence-corrected chi connectivity index (χ3v) is 4.56. The Balaban J connectivity index is 1.78. The highest BCUT2D eigenvalue weighted by Gasteiger charge is 2.18. The van der Waals surface area contributed by atoms with Gasteiger partial charge in [-0.15, -0.1) is 10.2 Å². The van der Waals surface area contributed by atoms with Crippen molar-refractivity contribution < 1.29 is 5.11 Å². The predicted octanol–water partition coefficient (Wildman–Crippen LogP) is 2.43. The number of aromatic nitrogens is 3. The van der Waals surface area contributed by atoms with E-state index in [1.54, 1.807) is 18.3 Å². The standard InChI is InChI=1S/C19H18N6O/c20-10-12-5-6-14(16(26)9-12)17-15-4-2-8-22-18(15)19(25-24-17)23-13-3-1-7-21-11-13/h2,4-6,8-9,13,21,26H,1,3,7,11H2,(H,23,25). The summed E-state index contributed by atoms with van der Waals surface area (Å²) in [5.74, 6) is 0.645. The number of aromatic hydroxyl groups is 1. The first kappa shape index (κ1) is 16.2. The normalized spacial score (nSPS) is 17.0. The van der Waals surface area contributed by atoms with Gasteiger partial charge in [-0.3, -0.25) is 4.98 Å². The molecular weight excluding hydrogens is 328 g/mol. The minimum atomic E-state index is 0.000641. The van der Waals surface area contributed by atoms with Gasteiger partial charge in [0.1, 0.15) is 17.0 Å². The average molecular weight is 346 g/mol. The predicted molar refractivity (Wildman–Crippen MR) is 98.7 cm³/mol. The molecule has 0 radical (unpaired) electrons. The van der Waals surface area contributed by atoms with Gasteiger partial charge in [-0.05, 0) is 49.7 Å². The van der Waals surface area contributed by atoms with Crippen LogP contribution in [0.5, 0.6) is 5.75 Å². The molecule has 7 nitrogen and oxygen atoms in total. The quantitative estimate of drug-likeness (QED) is 0.668. The van der Waals surface area contributed by atoms with E-state index in [-0.39, 0.29) is 11.8 Å². The zero-order chi connectivity index (χ0) is 17.9. The maximum Gasteiger partial charge on any atom is 0.175 e. The van der Waals surface area contributed by atoms with E-state index in [0.717, 1.165) is 31.3 Å². The summed E-state index contributed by atoms with van der Waals surface area (Å²) in [5.41, 5.74) is 2.18. The van der Waals surface area contributed by atoms with Gasteiger partial charge in [-0.25, -0.2) is 0 Å². The lowest BCUT2D eigenvalue weighted by Gasteiger charge is -2.24. The highest BCUT2D eigenvalue weighted by Crippen LogP contribution is 2.34. The molecule has 0 amide bonds. The number of anilines is 1. The Bertz CT molecular complexity index is 991. The van der Waals surface area contributed by atoms with E-state index in [0.29, 0.717) is 28.2 Å². The zero-order valence-corrected chi connectivity index (χ0v) is 14.1. The first-order valence-electron chi connectivity index (χ1n) is 8.58. The molecule has 0 aliphatic carbocycles. The van der Waals surface area contributed by atoms with Gasteiger partial charge in [-0.1, -0.05) is 0 Å². The van der Waals surface area contributed by atoms with E-state index < -0.39 is 0 Å². The number of phenols is 1. The van der Waals surface area contributed by atoms with Gasteiger partial charge < -0.3 is 15.7 Å². The van der Waals surface area contributed by atoms with Crippen molar-refractivity contribution in [2.24, 2.45) is 0 Å². The Morgan fingerprint density at radius 2 is 2.19 bits per heavy atom. The SMILES string of the molecule is N#Cc1ccc(-c2nnc(NC3CCCNC3)c3ncccc23)c(O)c1. The number of fused-ring (bicyclic) bond motifs is 1. The van der Waals surface area contributed by atoms with Crippen LogP contribution in [0, 0.1) is 11.3 Å². The summed E-state index contributed by atoms with van der Waals surface area (Å²) in [7, 11) is 0. The van der Waals surface area contributed by atoms with Gasteiger partial charge in [0.25, 0.3) is 0 Å². The number of pyridine rings is 1. The smallest absolute Gasteiger partial charge is 0.175 e. The maximum absolute atomic E-state index is 10.3. The molecule has 1 saturated heterocycles. The Morgan fingerprint density at radius 3 is 2.96 bits per heavy atom. The second-order valence-corrected chi connectivity index (χ2v) is 6.33. The van der Waals surface area contributed by atoms with Crippen LogP contribution in [0.1, 0.15) is 18.4 Å². The lowest BCUT2D eigenvalue weighted by molar-refractivity contribution is 0.476. The summed E-state index contributed by atoms with van der Waals surface area (Å²) in [6, 6.07) is 10.8. The molecule has 26 heavy (non-hydrogen) atoms. The van der Waals surface area contributed by atoms with E-state index in [2.05, 4.69) is 25.8 Å². The molecule has 4 rings (SSSR count). The zero-order valence-electron chi connectivity index (χ0n) is 14.1. The number of hydrogen-bond acceptors (Lipinski definition) is 7. The molecule has 1 atom stereocenters.